The van der Waals surface area contributed by atoms with Crippen LogP contribution in [0.5, 0.6) is 5.75 Å². The first-order chi connectivity index (χ1) is 17.8. The SMILES string of the molecule is COc1cnccc1-c1cccc(CC#Cc2cc(C(=O)NCc3ccc(S(C)(=O)=O)cc3)ccn2)c1. The molecule has 0 radical (unpaired) electrons. The minimum Gasteiger partial charge on any atom is -0.494 e. The van der Waals surface area contributed by atoms with Gasteiger partial charge < -0.3 is 10.1 Å². The molecule has 0 aliphatic rings. The zero-order valence-corrected chi connectivity index (χ0v) is 21.2. The third-order valence-electron chi connectivity index (χ3n) is 5.58. The Bertz CT molecular complexity index is 1590. The second-order valence-electron chi connectivity index (χ2n) is 8.28. The van der Waals surface area contributed by atoms with Crippen LogP contribution in [0.1, 0.15) is 27.2 Å². The van der Waals surface area contributed by atoms with Gasteiger partial charge in [-0.15, -0.1) is 0 Å². The molecular formula is C29H25N3O4S. The molecule has 0 aliphatic carbocycles. The van der Waals surface area contributed by atoms with Gasteiger partial charge in [0.25, 0.3) is 5.91 Å². The van der Waals surface area contributed by atoms with Gasteiger partial charge in [0.15, 0.2) is 9.84 Å². The lowest BCUT2D eigenvalue weighted by Gasteiger charge is -2.08. The highest BCUT2D eigenvalue weighted by Gasteiger charge is 2.09. The van der Waals surface area contributed by atoms with Crippen LogP contribution in [-0.2, 0) is 22.8 Å². The summed E-state index contributed by atoms with van der Waals surface area (Å²) in [7, 11) is -1.64. The van der Waals surface area contributed by atoms with Crippen molar-refractivity contribution in [1.29, 1.82) is 0 Å². The molecule has 4 rings (SSSR count). The van der Waals surface area contributed by atoms with Gasteiger partial charge in [-0.1, -0.05) is 42.3 Å². The molecule has 37 heavy (non-hydrogen) atoms. The number of carbonyl (C=O) groups is 1. The molecule has 8 heteroatoms. The summed E-state index contributed by atoms with van der Waals surface area (Å²) < 4.78 is 28.6. The van der Waals surface area contributed by atoms with Crippen molar-refractivity contribution in [3.63, 3.8) is 0 Å². The number of rotatable bonds is 7. The fourth-order valence-electron chi connectivity index (χ4n) is 3.65. The summed E-state index contributed by atoms with van der Waals surface area (Å²) in [5.74, 6) is 6.60. The minimum atomic E-state index is -3.26. The van der Waals surface area contributed by atoms with Crippen LogP contribution in [0.2, 0.25) is 0 Å². The third-order valence-corrected chi connectivity index (χ3v) is 6.71. The molecule has 0 unspecified atom stereocenters. The van der Waals surface area contributed by atoms with Crippen LogP contribution in [0.25, 0.3) is 11.1 Å². The Morgan fingerprint density at radius 3 is 2.57 bits per heavy atom. The quantitative estimate of drug-likeness (QED) is 0.376. The van der Waals surface area contributed by atoms with Crippen LogP contribution in [0, 0.1) is 11.8 Å². The molecule has 2 aromatic heterocycles. The summed E-state index contributed by atoms with van der Waals surface area (Å²) in [6.07, 6.45) is 6.64. The lowest BCUT2D eigenvalue weighted by atomic mass is 10.0. The van der Waals surface area contributed by atoms with Gasteiger partial charge in [0, 0.05) is 42.7 Å². The summed E-state index contributed by atoms with van der Waals surface area (Å²) in [6.45, 7) is 0.269. The van der Waals surface area contributed by atoms with Crippen molar-refractivity contribution in [2.24, 2.45) is 0 Å². The zero-order chi connectivity index (χ0) is 26.3. The first-order valence-electron chi connectivity index (χ1n) is 11.4. The fraction of sp³-hybridized carbons (Fsp3) is 0.138. The molecule has 7 nitrogen and oxygen atoms in total. The van der Waals surface area contributed by atoms with Gasteiger partial charge in [0.2, 0.25) is 0 Å². The molecule has 1 N–H and O–H groups in total. The number of nitrogens with zero attached hydrogens (tertiary/aromatic N) is 2. The van der Waals surface area contributed by atoms with Crippen LogP contribution in [0.3, 0.4) is 0 Å². The Hall–Kier alpha value is -4.48. The number of methoxy groups -OCH3 is 1. The number of hydrogen-bond donors (Lipinski definition) is 1. The van der Waals surface area contributed by atoms with E-state index in [0.29, 0.717) is 23.4 Å². The van der Waals surface area contributed by atoms with Gasteiger partial charge in [-0.05, 0) is 52.9 Å². The van der Waals surface area contributed by atoms with E-state index in [1.165, 1.54) is 12.1 Å². The summed E-state index contributed by atoms with van der Waals surface area (Å²) in [4.78, 5) is 21.2. The first-order valence-corrected chi connectivity index (χ1v) is 13.3. The zero-order valence-electron chi connectivity index (χ0n) is 20.4. The largest absolute Gasteiger partial charge is 0.494 e. The van der Waals surface area contributed by atoms with E-state index in [1.807, 2.05) is 24.3 Å². The summed E-state index contributed by atoms with van der Waals surface area (Å²) >= 11 is 0. The van der Waals surface area contributed by atoms with Crippen LogP contribution >= 0.6 is 0 Å². The average molecular weight is 512 g/mol. The fourth-order valence-corrected chi connectivity index (χ4v) is 4.28. The first kappa shape index (κ1) is 25.6. The number of benzene rings is 2. The van der Waals surface area contributed by atoms with Crippen molar-refractivity contribution in [3.05, 3.63) is 108 Å². The van der Waals surface area contributed by atoms with Gasteiger partial charge in [-0.3, -0.25) is 9.78 Å². The molecule has 0 atom stereocenters. The lowest BCUT2D eigenvalue weighted by molar-refractivity contribution is 0.0950. The number of carbonyl (C=O) groups excluding carboxylic acids is 1. The van der Waals surface area contributed by atoms with E-state index < -0.39 is 9.84 Å². The minimum absolute atomic E-state index is 0.240. The predicted octanol–water partition coefficient (Wildman–Crippen LogP) is 4.08. The van der Waals surface area contributed by atoms with Gasteiger partial charge in [-0.25, -0.2) is 13.4 Å². The van der Waals surface area contributed by atoms with Crippen LogP contribution < -0.4 is 10.1 Å². The normalized spacial score (nSPS) is 10.8. The maximum Gasteiger partial charge on any atom is 0.251 e. The summed E-state index contributed by atoms with van der Waals surface area (Å²) in [5, 5.41) is 2.83. The second kappa shape index (κ2) is 11.5. The molecular weight excluding hydrogens is 486 g/mol. The van der Waals surface area contributed by atoms with Gasteiger partial charge >= 0.3 is 0 Å². The molecule has 0 saturated heterocycles. The van der Waals surface area contributed by atoms with E-state index in [9.17, 15) is 13.2 Å². The maximum atomic E-state index is 12.6. The van der Waals surface area contributed by atoms with Crippen LogP contribution in [0.4, 0.5) is 0 Å². The second-order valence-corrected chi connectivity index (χ2v) is 10.3. The molecule has 0 fully saturated rings. The van der Waals surface area contributed by atoms with E-state index in [1.54, 1.807) is 50.0 Å². The van der Waals surface area contributed by atoms with E-state index in [2.05, 4.69) is 33.2 Å². The van der Waals surface area contributed by atoms with Crippen molar-refractivity contribution in [3.8, 4) is 28.7 Å². The maximum absolute atomic E-state index is 12.6. The third kappa shape index (κ3) is 6.81. The summed E-state index contributed by atoms with van der Waals surface area (Å²) in [5.41, 5.74) is 4.75. The Balaban J connectivity index is 1.40. The number of aromatic nitrogens is 2. The van der Waals surface area contributed by atoms with Crippen molar-refractivity contribution in [2.75, 3.05) is 13.4 Å². The van der Waals surface area contributed by atoms with Crippen LogP contribution in [0.15, 0.2) is 90.2 Å². The molecule has 2 aromatic carbocycles. The Morgan fingerprint density at radius 1 is 1.00 bits per heavy atom. The van der Waals surface area contributed by atoms with Crippen molar-refractivity contribution in [2.45, 2.75) is 17.9 Å². The van der Waals surface area contributed by atoms with Gasteiger partial charge in [0.1, 0.15) is 11.4 Å². The van der Waals surface area contributed by atoms with E-state index in [4.69, 9.17) is 4.74 Å². The number of hydrogen-bond acceptors (Lipinski definition) is 6. The number of ether oxygens (including phenoxy) is 1. The van der Waals surface area contributed by atoms with Crippen molar-refractivity contribution >= 4 is 15.7 Å². The number of amides is 1. The standard InChI is InChI=1S/C29H25N3O4S/c1-36-28-20-30-15-14-27(28)23-7-3-5-21(17-23)6-4-8-25-18-24(13-16-31-25)29(33)32-19-22-9-11-26(12-10-22)37(2,34)35/h3,5,7,9-18,20H,6,19H2,1-2H3,(H,32,33). The Morgan fingerprint density at radius 2 is 1.81 bits per heavy atom. The highest BCUT2D eigenvalue weighted by molar-refractivity contribution is 7.90. The van der Waals surface area contributed by atoms with Gasteiger partial charge in [0.05, 0.1) is 18.2 Å². The Labute approximate surface area is 216 Å². The molecule has 0 spiro atoms. The van der Waals surface area contributed by atoms with Crippen molar-refractivity contribution in [1.82, 2.24) is 15.3 Å². The number of sulfone groups is 1. The molecule has 1 amide bonds. The molecule has 0 saturated carbocycles. The number of nitrogens with one attached hydrogen (secondary N) is 1. The van der Waals surface area contributed by atoms with E-state index in [-0.39, 0.29) is 17.3 Å². The molecule has 4 aromatic rings. The lowest BCUT2D eigenvalue weighted by Crippen LogP contribution is -2.23. The highest BCUT2D eigenvalue weighted by atomic mass is 32.2. The Kier molecular flexibility index (Phi) is 7.96. The van der Waals surface area contributed by atoms with Crippen molar-refractivity contribution < 1.29 is 17.9 Å². The molecule has 0 bridgehead atoms. The van der Waals surface area contributed by atoms with E-state index in [0.717, 1.165) is 28.5 Å². The summed E-state index contributed by atoms with van der Waals surface area (Å²) in [6, 6.07) is 19.7. The number of pyridine rings is 2. The topological polar surface area (TPSA) is 98.2 Å². The predicted molar refractivity (Wildman–Crippen MR) is 142 cm³/mol. The average Bonchev–Trinajstić information content (AvgIpc) is 2.92. The molecule has 186 valence electrons. The highest BCUT2D eigenvalue weighted by Crippen LogP contribution is 2.29. The van der Waals surface area contributed by atoms with Gasteiger partial charge in [-0.2, -0.15) is 0 Å². The van der Waals surface area contributed by atoms with Crippen LogP contribution in [-0.4, -0.2) is 37.7 Å². The molecule has 2 heterocycles. The monoisotopic (exact) mass is 511 g/mol. The smallest absolute Gasteiger partial charge is 0.251 e. The van der Waals surface area contributed by atoms with E-state index >= 15 is 0 Å². The molecule has 0 aliphatic heterocycles.